The highest BCUT2D eigenvalue weighted by Crippen LogP contribution is 2.53. The lowest BCUT2D eigenvalue weighted by Gasteiger charge is -2.32. The second-order valence-corrected chi connectivity index (χ2v) is 31.4. The normalized spacial score (nSPS) is 12.6. The zero-order valence-electron chi connectivity index (χ0n) is 63.5. The molecule has 0 saturated carbocycles. The molecule has 0 saturated heterocycles. The number of hydrogen-bond acceptors (Lipinski definition) is 2. The number of fused-ring (bicyclic) bond motifs is 35. The van der Waals surface area contributed by atoms with E-state index in [0.29, 0.717) is 0 Å². The molecule has 0 unspecified atom stereocenters. The Morgan fingerprint density at radius 3 is 0.805 bits per heavy atom. The van der Waals surface area contributed by atoms with Crippen molar-refractivity contribution < 1.29 is 4.74 Å². The van der Waals surface area contributed by atoms with Crippen LogP contribution < -0.4 is 9.64 Å². The third kappa shape index (κ3) is 8.37. The molecular formula is C108H65N9O. The Labute approximate surface area is 672 Å². The van der Waals surface area contributed by atoms with Crippen LogP contribution in [0.1, 0.15) is 0 Å². The number of hydrogen-bond donors (Lipinski definition) is 0. The van der Waals surface area contributed by atoms with E-state index >= 15 is 0 Å². The molecule has 17 aromatic carbocycles. The fraction of sp³-hybridized carbons (Fsp3) is 0. The molecule has 0 fully saturated rings. The highest BCUT2D eigenvalue weighted by molar-refractivity contribution is 6.30. The zero-order valence-corrected chi connectivity index (χ0v) is 63.5. The van der Waals surface area contributed by atoms with Crippen LogP contribution in [0.5, 0.6) is 11.5 Å². The van der Waals surface area contributed by atoms with Crippen molar-refractivity contribution in [2.24, 2.45) is 0 Å². The SMILES string of the molecule is c1ccc2c(c1)Oc1ccccc1N2c1ccc(-c2cccc3c2c2c4ccccc4n4c5ccccc5n3c24)cc1.c1ccc2c(c1)c1ccccc1n2-c1ccc(-c2cccc3c2c2c4ccccc4n4c5ccccc5n3c24)cc1.c1ccc2c(c1)c1ccccc1n2-c1cccc2c1c1c3ccccc3n3c4ccccc4n2c13. The van der Waals surface area contributed by atoms with Crippen LogP contribution in [0.4, 0.5) is 17.1 Å². The first-order valence-electron chi connectivity index (χ1n) is 40.5. The molecule has 28 aromatic rings. The Bertz CT molecular complexity index is 8890. The van der Waals surface area contributed by atoms with E-state index in [4.69, 9.17) is 4.74 Å². The third-order valence-electron chi connectivity index (χ3n) is 25.6. The van der Waals surface area contributed by atoms with Gasteiger partial charge in [-0.05, 0) is 174 Å². The Hall–Kier alpha value is -16.0. The van der Waals surface area contributed by atoms with Crippen molar-refractivity contribution in [2.45, 2.75) is 0 Å². The van der Waals surface area contributed by atoms with Gasteiger partial charge in [-0.15, -0.1) is 0 Å². The lowest BCUT2D eigenvalue weighted by atomic mass is 9.98. The molecule has 0 spiro atoms. The maximum Gasteiger partial charge on any atom is 0.151 e. The molecule has 0 bridgehead atoms. The number of nitrogens with zero attached hydrogens (tertiary/aromatic N) is 9. The molecule has 11 aromatic heterocycles. The lowest BCUT2D eigenvalue weighted by Crippen LogP contribution is -2.15. The van der Waals surface area contributed by atoms with E-state index in [-0.39, 0.29) is 0 Å². The Kier molecular flexibility index (Phi) is 12.8. The Balaban J connectivity index is 0.0000000946. The molecule has 29 rings (SSSR count). The van der Waals surface area contributed by atoms with Gasteiger partial charge in [0.25, 0.3) is 0 Å². The van der Waals surface area contributed by atoms with Gasteiger partial charge >= 0.3 is 0 Å². The van der Waals surface area contributed by atoms with Gasteiger partial charge in [0.15, 0.2) is 11.5 Å². The number of aromatic nitrogens is 8. The van der Waals surface area contributed by atoms with E-state index in [0.717, 1.165) is 28.6 Å². The fourth-order valence-corrected chi connectivity index (χ4v) is 20.9. The van der Waals surface area contributed by atoms with Crippen molar-refractivity contribution >= 4 is 192 Å². The number of benzene rings is 17. The van der Waals surface area contributed by atoms with Crippen LogP contribution in [0.25, 0.3) is 209 Å². The molecule has 10 heteroatoms. The first-order valence-corrected chi connectivity index (χ1v) is 40.5. The summed E-state index contributed by atoms with van der Waals surface area (Å²) in [7, 11) is 0. The van der Waals surface area contributed by atoms with Crippen LogP contribution in [-0.2, 0) is 0 Å². The molecule has 0 amide bonds. The standard InChI is InChI=1S/C38H23N3O.C38H23N3.C32H19N3/c1-2-12-28-27(10-1)37-36-26(11-9-17-33(36)41-30-14-4-3-13-29(30)40(28)38(37)41)24-20-22-25(23-21-24)39-31-15-5-7-18-34(31)42-35-19-8-6-16-32(35)39;1-4-14-30-27(10-1)28-11-2-5-15-31(28)39(30)25-22-20-24(21-23-25)26-13-9-19-35-36(26)37-29-12-3-6-16-32(29)40-33-17-7-8-18-34(33)41(35)38(37)40;1-4-13-23-20(10-1)21-11-2-5-14-24(21)33(23)28-18-9-19-29-31(28)30-22-12-3-6-15-25(22)34-26-16-7-8-17-27(26)35(29)32(30)34/h1-23H;1-23H;1-19H. The second kappa shape index (κ2) is 23.8. The number of ether oxygens (including phenoxy) is 1. The van der Waals surface area contributed by atoms with Gasteiger partial charge in [0, 0.05) is 81.4 Å². The molecule has 0 N–H and O–H groups in total. The van der Waals surface area contributed by atoms with Gasteiger partial charge in [-0.25, -0.2) is 0 Å². The first-order chi connectivity index (χ1) is 58.7. The van der Waals surface area contributed by atoms with Crippen molar-refractivity contribution in [1.82, 2.24) is 35.5 Å². The van der Waals surface area contributed by atoms with E-state index in [2.05, 4.69) is 410 Å². The fourth-order valence-electron chi connectivity index (χ4n) is 20.9. The maximum atomic E-state index is 6.24. The van der Waals surface area contributed by atoms with Crippen molar-refractivity contribution in [2.75, 3.05) is 4.90 Å². The molecule has 1 aliphatic rings. The summed E-state index contributed by atoms with van der Waals surface area (Å²) in [5.74, 6) is 1.72. The Morgan fingerprint density at radius 1 is 0.161 bits per heavy atom. The molecule has 548 valence electrons. The van der Waals surface area contributed by atoms with Crippen molar-refractivity contribution in [3.05, 3.63) is 394 Å². The van der Waals surface area contributed by atoms with Crippen LogP contribution in [-0.4, -0.2) is 35.5 Å². The lowest BCUT2D eigenvalue weighted by molar-refractivity contribution is 0.477. The molecule has 118 heavy (non-hydrogen) atoms. The number of anilines is 3. The summed E-state index contributed by atoms with van der Waals surface area (Å²) in [5.41, 5.74) is 34.2. The van der Waals surface area contributed by atoms with E-state index in [1.807, 2.05) is 24.3 Å². The van der Waals surface area contributed by atoms with E-state index in [1.165, 1.54) is 209 Å². The van der Waals surface area contributed by atoms with Gasteiger partial charge < -0.3 is 18.8 Å². The topological polar surface area (TPSA) is 48.8 Å². The maximum absolute atomic E-state index is 6.24. The highest BCUT2D eigenvalue weighted by atomic mass is 16.5. The van der Waals surface area contributed by atoms with Gasteiger partial charge in [-0.2, -0.15) is 0 Å². The summed E-state index contributed by atoms with van der Waals surface area (Å²) in [6.45, 7) is 0. The third-order valence-corrected chi connectivity index (χ3v) is 25.6. The van der Waals surface area contributed by atoms with E-state index < -0.39 is 0 Å². The van der Waals surface area contributed by atoms with Gasteiger partial charge in [0.05, 0.1) is 105 Å². The Morgan fingerprint density at radius 2 is 0.424 bits per heavy atom. The van der Waals surface area contributed by atoms with Gasteiger partial charge in [-0.1, -0.05) is 243 Å². The molecule has 0 atom stereocenters. The first kappa shape index (κ1) is 63.5. The van der Waals surface area contributed by atoms with E-state index in [9.17, 15) is 0 Å². The monoisotopic (exact) mass is 1500 g/mol. The molecule has 0 aliphatic carbocycles. The summed E-state index contributed by atoms with van der Waals surface area (Å²) < 4.78 is 25.7. The number of rotatable bonds is 5. The van der Waals surface area contributed by atoms with Gasteiger partial charge in [0.1, 0.15) is 16.9 Å². The van der Waals surface area contributed by atoms with Crippen LogP contribution in [0, 0.1) is 0 Å². The molecule has 10 nitrogen and oxygen atoms in total. The number of para-hydroxylation sites is 17. The van der Waals surface area contributed by atoms with Crippen molar-refractivity contribution in [3.8, 4) is 45.1 Å². The molecule has 0 radical (unpaired) electrons. The predicted molar refractivity (Wildman–Crippen MR) is 490 cm³/mol. The molecule has 1 aliphatic heterocycles. The summed E-state index contributed by atoms with van der Waals surface area (Å²) >= 11 is 0. The largest absolute Gasteiger partial charge is 0.453 e. The smallest absolute Gasteiger partial charge is 0.151 e. The molecular weight excluding hydrogens is 1440 g/mol. The van der Waals surface area contributed by atoms with Crippen LogP contribution in [0.2, 0.25) is 0 Å². The average molecular weight is 1500 g/mol. The average Bonchev–Trinajstić information content (AvgIpc) is 1.70. The quantitative estimate of drug-likeness (QED) is 0.172. The predicted octanol–water partition coefficient (Wildman–Crippen LogP) is 28.4. The minimum absolute atomic E-state index is 0.861. The van der Waals surface area contributed by atoms with Crippen LogP contribution >= 0.6 is 0 Å². The van der Waals surface area contributed by atoms with Gasteiger partial charge in [0.2, 0.25) is 0 Å². The van der Waals surface area contributed by atoms with Crippen LogP contribution in [0.15, 0.2) is 394 Å². The summed E-state index contributed by atoms with van der Waals surface area (Å²) in [6.07, 6.45) is 0. The number of imidazole rings is 3. The summed E-state index contributed by atoms with van der Waals surface area (Å²) in [4.78, 5) is 2.29. The van der Waals surface area contributed by atoms with E-state index in [1.54, 1.807) is 0 Å². The van der Waals surface area contributed by atoms with Crippen LogP contribution in [0.3, 0.4) is 0 Å². The van der Waals surface area contributed by atoms with Crippen molar-refractivity contribution in [3.63, 3.8) is 0 Å². The van der Waals surface area contributed by atoms with Gasteiger partial charge in [-0.3, -0.25) is 26.4 Å². The highest BCUT2D eigenvalue weighted by Gasteiger charge is 2.31. The summed E-state index contributed by atoms with van der Waals surface area (Å²) in [6, 6.07) is 142. The minimum atomic E-state index is 0.861. The minimum Gasteiger partial charge on any atom is -0.453 e. The zero-order chi connectivity index (χ0) is 76.7. The summed E-state index contributed by atoms with van der Waals surface area (Å²) in [5, 5.41) is 16.9. The van der Waals surface area contributed by atoms with Crippen molar-refractivity contribution in [1.29, 1.82) is 0 Å². The second-order valence-electron chi connectivity index (χ2n) is 31.4. The molecule has 12 heterocycles.